The Morgan fingerprint density at radius 3 is 2.65 bits per heavy atom. The number of rotatable bonds is 4. The van der Waals surface area contributed by atoms with E-state index in [1.807, 2.05) is 27.8 Å². The number of aromatic nitrogens is 2. The van der Waals surface area contributed by atoms with Gasteiger partial charge in [-0.05, 0) is 51.0 Å². The second kappa shape index (κ2) is 5.63. The fourth-order valence-corrected chi connectivity index (χ4v) is 2.17. The average Bonchev–Trinajstić information content (AvgIpc) is 2.58. The van der Waals surface area contributed by atoms with Gasteiger partial charge in [0, 0.05) is 13.1 Å². The van der Waals surface area contributed by atoms with E-state index in [4.69, 9.17) is 10.5 Å². The van der Waals surface area contributed by atoms with Crippen molar-refractivity contribution in [3.63, 3.8) is 0 Å². The lowest BCUT2D eigenvalue weighted by molar-refractivity contribution is 0.463. The van der Waals surface area contributed by atoms with Crippen molar-refractivity contribution in [3.05, 3.63) is 41.0 Å². The highest BCUT2D eigenvalue weighted by atomic mass is 19.1. The van der Waals surface area contributed by atoms with E-state index >= 15 is 0 Å². The van der Waals surface area contributed by atoms with Gasteiger partial charge in [0.1, 0.15) is 17.3 Å². The third-order valence-electron chi connectivity index (χ3n) is 3.22. The Hall–Kier alpha value is -1.88. The number of aryl methyl sites for hydroxylation is 2. The van der Waals surface area contributed by atoms with Crippen LogP contribution in [0.1, 0.15) is 23.9 Å². The Kier molecular flexibility index (Phi) is 4.09. The van der Waals surface area contributed by atoms with Crippen LogP contribution >= 0.6 is 0 Å². The third-order valence-corrected chi connectivity index (χ3v) is 3.22. The molecule has 0 saturated carbocycles. The molecule has 1 heterocycles. The van der Waals surface area contributed by atoms with Crippen molar-refractivity contribution in [2.24, 2.45) is 12.8 Å². The molecule has 0 aliphatic carbocycles. The highest BCUT2D eigenvalue weighted by Gasteiger charge is 2.15. The first-order chi connectivity index (χ1) is 9.38. The summed E-state index contributed by atoms with van der Waals surface area (Å²) in [5.74, 6) is 1.06. The molecule has 108 valence electrons. The minimum atomic E-state index is -0.285. The van der Waals surface area contributed by atoms with Gasteiger partial charge in [0.15, 0.2) is 5.75 Å². The zero-order chi connectivity index (χ0) is 14.9. The molecular formula is C15H20FN3O. The van der Waals surface area contributed by atoms with E-state index in [9.17, 15) is 4.39 Å². The van der Waals surface area contributed by atoms with Gasteiger partial charge in [0.2, 0.25) is 0 Å². The quantitative estimate of drug-likeness (QED) is 0.935. The number of ether oxygens (including phenoxy) is 1. The van der Waals surface area contributed by atoms with Crippen molar-refractivity contribution in [3.8, 4) is 11.5 Å². The van der Waals surface area contributed by atoms with Gasteiger partial charge in [-0.15, -0.1) is 0 Å². The van der Waals surface area contributed by atoms with Crippen molar-refractivity contribution in [1.82, 2.24) is 9.78 Å². The van der Waals surface area contributed by atoms with Crippen molar-refractivity contribution in [1.29, 1.82) is 0 Å². The van der Waals surface area contributed by atoms with Gasteiger partial charge in [-0.3, -0.25) is 4.68 Å². The van der Waals surface area contributed by atoms with Crippen LogP contribution < -0.4 is 10.5 Å². The second-order valence-electron chi connectivity index (χ2n) is 5.16. The Morgan fingerprint density at radius 1 is 1.40 bits per heavy atom. The maximum absolute atomic E-state index is 13.4. The molecule has 0 saturated heterocycles. The first kappa shape index (κ1) is 14.5. The molecule has 2 N–H and O–H groups in total. The van der Waals surface area contributed by atoms with Crippen LogP contribution in [0.2, 0.25) is 0 Å². The van der Waals surface area contributed by atoms with Gasteiger partial charge < -0.3 is 10.5 Å². The summed E-state index contributed by atoms with van der Waals surface area (Å²) >= 11 is 0. The molecular weight excluding hydrogens is 257 g/mol. The van der Waals surface area contributed by atoms with Crippen LogP contribution in [0.5, 0.6) is 11.5 Å². The largest absolute Gasteiger partial charge is 0.453 e. The smallest absolute Gasteiger partial charge is 0.171 e. The zero-order valence-electron chi connectivity index (χ0n) is 12.3. The molecule has 1 atom stereocenters. The fraction of sp³-hybridized carbons (Fsp3) is 0.400. The number of hydrogen-bond donors (Lipinski definition) is 1. The predicted octanol–water partition coefficient (Wildman–Crippen LogP) is 2.86. The van der Waals surface area contributed by atoms with E-state index in [2.05, 4.69) is 5.10 Å². The molecule has 0 bridgehead atoms. The molecule has 0 aliphatic heterocycles. The van der Waals surface area contributed by atoms with Crippen molar-refractivity contribution in [2.75, 3.05) is 0 Å². The van der Waals surface area contributed by atoms with Crippen molar-refractivity contribution in [2.45, 2.75) is 33.2 Å². The number of benzene rings is 1. The number of hydrogen-bond acceptors (Lipinski definition) is 3. The predicted molar refractivity (Wildman–Crippen MR) is 76.5 cm³/mol. The summed E-state index contributed by atoms with van der Waals surface area (Å²) in [6.07, 6.45) is 0.561. The van der Waals surface area contributed by atoms with Crippen LogP contribution in [0, 0.1) is 19.7 Å². The maximum atomic E-state index is 13.4. The molecule has 0 aliphatic rings. The third kappa shape index (κ3) is 2.99. The molecule has 0 amide bonds. The molecule has 1 aromatic carbocycles. The van der Waals surface area contributed by atoms with Crippen LogP contribution in [0.25, 0.3) is 0 Å². The molecule has 2 rings (SSSR count). The van der Waals surface area contributed by atoms with Gasteiger partial charge in [0.25, 0.3) is 0 Å². The van der Waals surface area contributed by atoms with Gasteiger partial charge in [-0.25, -0.2) is 4.39 Å². The summed E-state index contributed by atoms with van der Waals surface area (Å²) in [6, 6.07) is 4.44. The average molecular weight is 277 g/mol. The zero-order valence-corrected chi connectivity index (χ0v) is 12.3. The van der Waals surface area contributed by atoms with Gasteiger partial charge >= 0.3 is 0 Å². The summed E-state index contributed by atoms with van der Waals surface area (Å²) < 4.78 is 21.1. The summed E-state index contributed by atoms with van der Waals surface area (Å²) in [4.78, 5) is 0. The summed E-state index contributed by atoms with van der Waals surface area (Å²) in [5, 5.41) is 4.31. The van der Waals surface area contributed by atoms with Crippen LogP contribution in [0.15, 0.2) is 18.2 Å². The van der Waals surface area contributed by atoms with E-state index in [0.717, 1.165) is 17.0 Å². The van der Waals surface area contributed by atoms with E-state index in [1.54, 1.807) is 10.7 Å². The lowest BCUT2D eigenvalue weighted by Gasteiger charge is -2.13. The summed E-state index contributed by atoms with van der Waals surface area (Å²) in [6.45, 7) is 5.70. The molecule has 5 heteroatoms. The van der Waals surface area contributed by atoms with E-state index in [1.165, 1.54) is 12.1 Å². The summed E-state index contributed by atoms with van der Waals surface area (Å²) in [7, 11) is 1.86. The molecule has 1 unspecified atom stereocenters. The van der Waals surface area contributed by atoms with E-state index < -0.39 is 0 Å². The van der Waals surface area contributed by atoms with Gasteiger partial charge in [-0.2, -0.15) is 5.10 Å². The number of halogens is 1. The molecule has 0 spiro atoms. The summed E-state index contributed by atoms with van der Waals surface area (Å²) in [5.41, 5.74) is 8.31. The first-order valence-corrected chi connectivity index (χ1v) is 6.60. The van der Waals surface area contributed by atoms with E-state index in [0.29, 0.717) is 17.9 Å². The molecule has 4 nitrogen and oxygen atoms in total. The SMILES string of the molecule is Cc1nn(C)c(C)c1Oc1ccc(F)cc1CC(C)N. The lowest BCUT2D eigenvalue weighted by atomic mass is 10.1. The van der Waals surface area contributed by atoms with Crippen LogP contribution in [0.4, 0.5) is 4.39 Å². The Balaban J connectivity index is 2.37. The first-order valence-electron chi connectivity index (χ1n) is 6.60. The minimum Gasteiger partial charge on any atom is -0.453 e. The molecule has 0 radical (unpaired) electrons. The Labute approximate surface area is 118 Å². The maximum Gasteiger partial charge on any atom is 0.171 e. The number of nitrogens with zero attached hydrogens (tertiary/aromatic N) is 2. The van der Waals surface area contributed by atoms with Gasteiger partial charge in [0.05, 0.1) is 5.69 Å². The van der Waals surface area contributed by atoms with Gasteiger partial charge in [-0.1, -0.05) is 0 Å². The second-order valence-corrected chi connectivity index (χ2v) is 5.16. The lowest BCUT2D eigenvalue weighted by Crippen LogP contribution is -2.18. The minimum absolute atomic E-state index is 0.0600. The highest BCUT2D eigenvalue weighted by molar-refractivity contribution is 5.41. The van der Waals surface area contributed by atoms with E-state index in [-0.39, 0.29) is 11.9 Å². The fourth-order valence-electron chi connectivity index (χ4n) is 2.17. The topological polar surface area (TPSA) is 53.1 Å². The molecule has 20 heavy (non-hydrogen) atoms. The highest BCUT2D eigenvalue weighted by Crippen LogP contribution is 2.31. The Bertz CT molecular complexity index is 620. The molecule has 1 aromatic heterocycles. The normalized spacial score (nSPS) is 12.5. The molecule has 2 aromatic rings. The standard InChI is InChI=1S/C15H20FN3O/c1-9(17)7-12-8-13(16)5-6-14(12)20-15-10(2)18-19(4)11(15)3/h5-6,8-9H,7,17H2,1-4H3. The monoisotopic (exact) mass is 277 g/mol. The van der Waals surface area contributed by atoms with Crippen molar-refractivity contribution >= 4 is 0 Å². The Morgan fingerprint density at radius 2 is 2.10 bits per heavy atom. The van der Waals surface area contributed by atoms with Crippen molar-refractivity contribution < 1.29 is 9.13 Å². The van der Waals surface area contributed by atoms with Crippen LogP contribution in [0.3, 0.4) is 0 Å². The number of nitrogens with two attached hydrogens (primary N) is 1. The van der Waals surface area contributed by atoms with Crippen LogP contribution in [-0.2, 0) is 13.5 Å². The molecule has 0 fully saturated rings. The van der Waals surface area contributed by atoms with Crippen LogP contribution in [-0.4, -0.2) is 15.8 Å².